The first-order valence-corrected chi connectivity index (χ1v) is 12.3. The van der Waals surface area contributed by atoms with Crippen LogP contribution in [0.3, 0.4) is 0 Å². The van der Waals surface area contributed by atoms with Crippen LogP contribution in [0.1, 0.15) is 70.1 Å². The Morgan fingerprint density at radius 1 is 1.06 bits per heavy atom. The van der Waals surface area contributed by atoms with Crippen molar-refractivity contribution >= 4 is 11.7 Å². The largest absolute Gasteiger partial charge is 0.481 e. The van der Waals surface area contributed by atoms with E-state index >= 15 is 0 Å². The Bertz CT molecular complexity index is 1100. The van der Waals surface area contributed by atoms with Crippen LogP contribution >= 0.6 is 0 Å². The maximum Gasteiger partial charge on any atom is 0.303 e. The van der Waals surface area contributed by atoms with Crippen LogP contribution < -0.4 is 4.90 Å². The lowest BCUT2D eigenvalue weighted by Gasteiger charge is -2.28. The third-order valence-corrected chi connectivity index (χ3v) is 7.24. The second-order valence-corrected chi connectivity index (χ2v) is 10.4. The molecule has 1 N–H and O–H groups in total. The van der Waals surface area contributed by atoms with E-state index in [9.17, 15) is 4.79 Å². The summed E-state index contributed by atoms with van der Waals surface area (Å²) in [4.78, 5) is 13.3. The van der Waals surface area contributed by atoms with Gasteiger partial charge in [-0.15, -0.1) is 0 Å². The van der Waals surface area contributed by atoms with Crippen LogP contribution in [-0.2, 0) is 15.6 Å². The van der Waals surface area contributed by atoms with E-state index in [1.807, 2.05) is 0 Å². The summed E-state index contributed by atoms with van der Waals surface area (Å²) in [6, 6.07) is 17.1. The molecule has 3 rings (SSSR count). The molecule has 1 aliphatic rings. The predicted molar refractivity (Wildman–Crippen MR) is 143 cm³/mol. The number of hydrogen-bond donors (Lipinski definition) is 1. The first-order valence-electron chi connectivity index (χ1n) is 12.3. The zero-order valence-corrected chi connectivity index (χ0v) is 21.4. The Morgan fingerprint density at radius 3 is 2.44 bits per heavy atom. The third-order valence-electron chi connectivity index (χ3n) is 7.24. The highest BCUT2D eigenvalue weighted by molar-refractivity contribution is 5.70. The van der Waals surface area contributed by atoms with Gasteiger partial charge in [-0.25, -0.2) is 0 Å². The van der Waals surface area contributed by atoms with Crippen molar-refractivity contribution in [1.29, 1.82) is 0 Å². The maximum absolute atomic E-state index is 10.8. The lowest BCUT2D eigenvalue weighted by Crippen LogP contribution is -2.27. The third kappa shape index (κ3) is 5.35. The summed E-state index contributed by atoms with van der Waals surface area (Å²) in [6.07, 6.45) is 9.36. The summed E-state index contributed by atoms with van der Waals surface area (Å²) >= 11 is 0. The molecule has 0 fully saturated rings. The highest BCUT2D eigenvalue weighted by Gasteiger charge is 2.39. The molecule has 1 aliphatic heterocycles. The minimum atomic E-state index is -0.716. The number of unbranched alkanes of at least 4 members (excludes halogenated alkanes) is 2. The fourth-order valence-corrected chi connectivity index (χ4v) is 5.02. The summed E-state index contributed by atoms with van der Waals surface area (Å²) < 4.78 is 0. The van der Waals surface area contributed by atoms with Gasteiger partial charge in [-0.05, 0) is 54.2 Å². The van der Waals surface area contributed by atoms with Gasteiger partial charge in [-0.3, -0.25) is 4.79 Å². The van der Waals surface area contributed by atoms with Crippen molar-refractivity contribution in [2.45, 2.75) is 71.1 Å². The van der Waals surface area contributed by atoms with Gasteiger partial charge >= 0.3 is 5.97 Å². The Balaban J connectivity index is 1.82. The number of allylic oxidation sites excluding steroid dienone is 5. The van der Waals surface area contributed by atoms with Crippen LogP contribution in [0.15, 0.2) is 84.6 Å². The molecule has 2 aromatic carbocycles. The van der Waals surface area contributed by atoms with Gasteiger partial charge < -0.3 is 10.0 Å². The minimum Gasteiger partial charge on any atom is -0.481 e. The molecule has 0 unspecified atom stereocenters. The molecule has 1 heterocycles. The fraction of sp³-hybridized carbons (Fsp3) is 0.387. The molecule has 0 amide bonds. The molecule has 0 saturated carbocycles. The van der Waals surface area contributed by atoms with Crippen molar-refractivity contribution in [2.75, 3.05) is 11.4 Å². The molecule has 3 heteroatoms. The molecule has 2 aromatic rings. The Morgan fingerprint density at radius 2 is 1.74 bits per heavy atom. The number of fused-ring (bicyclic) bond motifs is 1. The second kappa shape index (κ2) is 10.5. The molecule has 0 aliphatic carbocycles. The van der Waals surface area contributed by atoms with Crippen molar-refractivity contribution in [2.24, 2.45) is 0 Å². The van der Waals surface area contributed by atoms with E-state index in [0.29, 0.717) is 0 Å². The first kappa shape index (κ1) is 25.6. The van der Waals surface area contributed by atoms with Gasteiger partial charge in [0.05, 0.1) is 0 Å². The molecule has 3 nitrogen and oxygen atoms in total. The van der Waals surface area contributed by atoms with E-state index in [2.05, 4.69) is 113 Å². The zero-order chi connectivity index (χ0) is 24.9. The number of para-hydroxylation sites is 1. The topological polar surface area (TPSA) is 40.5 Å². The average Bonchev–Trinajstić information content (AvgIpc) is 3.00. The van der Waals surface area contributed by atoms with Crippen molar-refractivity contribution in [3.05, 3.63) is 101 Å². The monoisotopic (exact) mass is 457 g/mol. The molecule has 0 aromatic heterocycles. The smallest absolute Gasteiger partial charge is 0.303 e. The summed E-state index contributed by atoms with van der Waals surface area (Å²) in [6.45, 7) is 16.5. The molecule has 0 saturated heterocycles. The number of carboxylic acids is 1. The van der Waals surface area contributed by atoms with Gasteiger partial charge in [0.25, 0.3) is 0 Å². The van der Waals surface area contributed by atoms with Gasteiger partial charge in [0.15, 0.2) is 0 Å². The van der Waals surface area contributed by atoms with Gasteiger partial charge in [0.2, 0.25) is 0 Å². The summed E-state index contributed by atoms with van der Waals surface area (Å²) in [5.74, 6) is -0.716. The molecule has 34 heavy (non-hydrogen) atoms. The number of hydrogen-bond acceptors (Lipinski definition) is 2. The van der Waals surface area contributed by atoms with E-state index in [1.165, 1.54) is 28.1 Å². The van der Waals surface area contributed by atoms with E-state index in [4.69, 9.17) is 5.11 Å². The number of rotatable bonds is 10. The summed E-state index contributed by atoms with van der Waals surface area (Å²) in [5.41, 5.74) is 7.25. The van der Waals surface area contributed by atoms with Crippen LogP contribution in [0.4, 0.5) is 5.69 Å². The molecular formula is C31H39NO2. The van der Waals surface area contributed by atoms with E-state index in [1.54, 1.807) is 0 Å². The number of carboxylic acid groups (broad SMARTS) is 1. The number of anilines is 1. The van der Waals surface area contributed by atoms with E-state index in [-0.39, 0.29) is 17.3 Å². The van der Waals surface area contributed by atoms with Gasteiger partial charge in [-0.1, -0.05) is 95.3 Å². The SMILES string of the molecule is C=C(/C=C/C=C1/N(CCCCCC(=O)O)c2ccccc2C1(C)C)C(C)(C)c1ccccc1C. The van der Waals surface area contributed by atoms with Crippen molar-refractivity contribution < 1.29 is 9.90 Å². The number of benzene rings is 2. The molecule has 0 bridgehead atoms. The van der Waals surface area contributed by atoms with Crippen LogP contribution in [0.25, 0.3) is 0 Å². The van der Waals surface area contributed by atoms with Gasteiger partial charge in [0.1, 0.15) is 0 Å². The Hall–Kier alpha value is -3.07. The number of carbonyl (C=O) groups is 1. The highest BCUT2D eigenvalue weighted by Crippen LogP contribution is 2.47. The predicted octanol–water partition coefficient (Wildman–Crippen LogP) is 7.71. The lowest BCUT2D eigenvalue weighted by atomic mass is 9.76. The number of aliphatic carboxylic acids is 1. The zero-order valence-electron chi connectivity index (χ0n) is 21.4. The summed E-state index contributed by atoms with van der Waals surface area (Å²) in [7, 11) is 0. The molecule has 0 spiro atoms. The first-order chi connectivity index (χ1) is 16.1. The average molecular weight is 458 g/mol. The second-order valence-electron chi connectivity index (χ2n) is 10.4. The normalized spacial score (nSPS) is 16.3. The Labute approximate surface area is 205 Å². The number of nitrogens with zero attached hydrogens (tertiary/aromatic N) is 1. The lowest BCUT2D eigenvalue weighted by molar-refractivity contribution is -0.137. The quantitative estimate of drug-likeness (QED) is 0.293. The van der Waals surface area contributed by atoms with Gasteiger partial charge in [-0.2, -0.15) is 0 Å². The van der Waals surface area contributed by atoms with Crippen molar-refractivity contribution in [3.8, 4) is 0 Å². The van der Waals surface area contributed by atoms with Crippen LogP contribution in [-0.4, -0.2) is 17.6 Å². The molecular weight excluding hydrogens is 418 g/mol. The summed E-state index contributed by atoms with van der Waals surface area (Å²) in [5, 5.41) is 8.92. The van der Waals surface area contributed by atoms with Crippen LogP contribution in [0, 0.1) is 6.92 Å². The van der Waals surface area contributed by atoms with Gasteiger partial charge in [0, 0.05) is 35.2 Å². The number of aryl methyl sites for hydroxylation is 1. The maximum atomic E-state index is 10.8. The Kier molecular flexibility index (Phi) is 7.86. The van der Waals surface area contributed by atoms with E-state index in [0.717, 1.165) is 31.4 Å². The van der Waals surface area contributed by atoms with E-state index < -0.39 is 5.97 Å². The standard InChI is InChI=1S/C31H39NO2/c1-23-15-9-10-17-25(23)30(3,4)24(2)16-14-20-28-31(5,6)26-18-11-12-19-27(26)32(28)22-13-7-8-21-29(33)34/h9-12,14-20H,2,7-8,13,21-22H2,1,3-6H3,(H,33,34)/b16-14+,28-20+. The van der Waals surface area contributed by atoms with Crippen molar-refractivity contribution in [1.82, 2.24) is 0 Å². The van der Waals surface area contributed by atoms with Crippen LogP contribution in [0.2, 0.25) is 0 Å². The van der Waals surface area contributed by atoms with Crippen molar-refractivity contribution in [3.63, 3.8) is 0 Å². The fourth-order valence-electron chi connectivity index (χ4n) is 5.02. The molecule has 0 radical (unpaired) electrons. The minimum absolute atomic E-state index is 0.102. The highest BCUT2D eigenvalue weighted by atomic mass is 16.4. The molecule has 180 valence electrons. The van der Waals surface area contributed by atoms with Crippen LogP contribution in [0.5, 0.6) is 0 Å². The molecule has 0 atom stereocenters.